The molecule has 0 unspecified atom stereocenters. The number of para-hydroxylation sites is 4. The van der Waals surface area contributed by atoms with E-state index in [1.54, 1.807) is 0 Å². The molecule has 0 saturated heterocycles. The van der Waals surface area contributed by atoms with Crippen molar-refractivity contribution in [2.45, 2.75) is 0 Å². The van der Waals surface area contributed by atoms with Gasteiger partial charge in [-0.05, 0) is 174 Å². The Morgan fingerprint density at radius 1 is 0.179 bits per heavy atom. The van der Waals surface area contributed by atoms with Crippen LogP contribution >= 0.6 is 0 Å². The molecule has 22 rings (SSSR count). The lowest BCUT2D eigenvalue weighted by Gasteiger charge is -2.11. The molecular weight excluding hydrogens is 1370 g/mol. The lowest BCUT2D eigenvalue weighted by molar-refractivity contribution is 1.07. The molecule has 0 spiro atoms. The van der Waals surface area contributed by atoms with Crippen LogP contribution in [0.4, 0.5) is 0 Å². The Hall–Kier alpha value is -15.3. The molecule has 0 atom stereocenters. The third-order valence-corrected chi connectivity index (χ3v) is 21.4. The molecule has 0 N–H and O–H groups in total. The van der Waals surface area contributed by atoms with Crippen molar-refractivity contribution >= 4 is 87.5 Å². The Labute approximate surface area is 644 Å². The molecule has 0 aliphatic rings. The highest BCUT2D eigenvalue weighted by molar-refractivity contribution is 6.19. The smallest absolute Gasteiger partial charge is 0.164 e. The predicted octanol–water partition coefficient (Wildman–Crippen LogP) is 24.9. The van der Waals surface area contributed by atoms with Crippen LogP contribution < -0.4 is 0 Å². The van der Waals surface area contributed by atoms with E-state index in [0.29, 0.717) is 23.3 Å². The predicted molar refractivity (Wildman–Crippen MR) is 458 cm³/mol. The van der Waals surface area contributed by atoms with Crippen molar-refractivity contribution in [1.29, 1.82) is 0 Å². The molecule has 0 bridgehead atoms. The van der Waals surface area contributed by atoms with Crippen molar-refractivity contribution in [1.82, 2.24) is 53.2 Å². The van der Waals surface area contributed by atoms with Crippen LogP contribution in [-0.4, -0.2) is 53.2 Å². The molecule has 524 valence electrons. The zero-order valence-electron chi connectivity index (χ0n) is 60.4. The van der Waals surface area contributed by atoms with E-state index in [2.05, 4.69) is 291 Å². The topological polar surface area (TPSA) is 110 Å². The van der Waals surface area contributed by atoms with Crippen LogP contribution in [0.3, 0.4) is 0 Å². The first kappa shape index (κ1) is 65.0. The average Bonchev–Trinajstić information content (AvgIpc) is 1.58. The molecule has 22 aromatic rings. The van der Waals surface area contributed by atoms with Gasteiger partial charge in [-0.2, -0.15) is 0 Å². The van der Waals surface area contributed by atoms with Gasteiger partial charge in [0.2, 0.25) is 0 Å². The maximum absolute atomic E-state index is 5.06. The van der Waals surface area contributed by atoms with E-state index in [0.717, 1.165) is 123 Å². The second-order valence-electron chi connectivity index (χ2n) is 28.0. The normalized spacial score (nSPS) is 11.6. The largest absolute Gasteiger partial charge is 0.309 e. The van der Waals surface area contributed by atoms with E-state index in [1.807, 2.05) is 122 Å². The molecule has 0 radical (unpaired) electrons. The molecular formula is C101H65N11. The van der Waals surface area contributed by atoms with Gasteiger partial charge in [-0.1, -0.05) is 231 Å². The molecule has 11 nitrogen and oxygen atoms in total. The lowest BCUT2D eigenvalue weighted by atomic mass is 9.98. The van der Waals surface area contributed by atoms with E-state index in [9.17, 15) is 0 Å². The molecule has 0 fully saturated rings. The summed E-state index contributed by atoms with van der Waals surface area (Å²) in [5, 5.41) is 7.15. The Morgan fingerprint density at radius 3 is 0.875 bits per heavy atom. The first-order valence-corrected chi connectivity index (χ1v) is 37.6. The van der Waals surface area contributed by atoms with Crippen molar-refractivity contribution in [3.63, 3.8) is 0 Å². The summed E-state index contributed by atoms with van der Waals surface area (Å²) in [6.45, 7) is 0. The van der Waals surface area contributed by atoms with Crippen LogP contribution in [0, 0.1) is 0 Å². The molecule has 14 aromatic carbocycles. The van der Waals surface area contributed by atoms with Crippen LogP contribution in [0.25, 0.3) is 201 Å². The number of pyridine rings is 2. The third-order valence-electron chi connectivity index (χ3n) is 21.4. The summed E-state index contributed by atoms with van der Waals surface area (Å²) in [4.78, 5) is 34.8. The van der Waals surface area contributed by atoms with Crippen molar-refractivity contribution in [2.24, 2.45) is 0 Å². The second kappa shape index (κ2) is 27.5. The Morgan fingerprint density at radius 2 is 0.473 bits per heavy atom. The molecule has 8 heterocycles. The lowest BCUT2D eigenvalue weighted by Crippen LogP contribution is -2.00. The first-order valence-electron chi connectivity index (χ1n) is 37.6. The van der Waals surface area contributed by atoms with Gasteiger partial charge in [0.05, 0.1) is 66.6 Å². The average molecular weight is 1430 g/mol. The first-order chi connectivity index (χ1) is 55.6. The number of benzene rings is 14. The van der Waals surface area contributed by atoms with Gasteiger partial charge < -0.3 is 18.3 Å². The van der Waals surface area contributed by atoms with Crippen molar-refractivity contribution in [2.75, 3.05) is 0 Å². The summed E-state index contributed by atoms with van der Waals surface area (Å²) in [5.41, 5.74) is 27.7. The summed E-state index contributed by atoms with van der Waals surface area (Å²) >= 11 is 0. The van der Waals surface area contributed by atoms with Gasteiger partial charge in [-0.3, -0.25) is 9.97 Å². The third kappa shape index (κ3) is 11.3. The molecule has 0 saturated carbocycles. The van der Waals surface area contributed by atoms with Crippen LogP contribution in [-0.2, 0) is 0 Å². The molecule has 11 heteroatoms. The van der Waals surface area contributed by atoms with Crippen LogP contribution in [0.1, 0.15) is 0 Å². The fourth-order valence-corrected chi connectivity index (χ4v) is 16.3. The van der Waals surface area contributed by atoms with Gasteiger partial charge in [-0.15, -0.1) is 0 Å². The van der Waals surface area contributed by atoms with E-state index in [4.69, 9.17) is 34.9 Å². The SMILES string of the molecule is c1ccc(-c2cc(-c3ccccc3)nc(-c3ccc(-n4c5ccc(-c6cccc7c6c6ccccc6n7-c6ccccc6)cc5c5ncccc54)cc3)n2)cc1.c1ccc(-c2nc(-c3ccccc3)nc(-c3ccc(-n4c5ccc(-c6cccc7c6c6ccccc6n7-c6ccccc6)cc5c5ncccc54)cc3)n2)cc1. The van der Waals surface area contributed by atoms with Gasteiger partial charge in [0.25, 0.3) is 0 Å². The Kier molecular flexibility index (Phi) is 15.9. The van der Waals surface area contributed by atoms with Crippen molar-refractivity contribution < 1.29 is 0 Å². The van der Waals surface area contributed by atoms with E-state index in [-0.39, 0.29) is 0 Å². The molecule has 112 heavy (non-hydrogen) atoms. The number of rotatable bonds is 12. The molecule has 8 aromatic heterocycles. The molecule has 0 amide bonds. The number of nitrogens with zero attached hydrogens (tertiary/aromatic N) is 11. The summed E-state index contributed by atoms with van der Waals surface area (Å²) < 4.78 is 9.34. The highest BCUT2D eigenvalue weighted by Crippen LogP contribution is 2.44. The number of hydrogen-bond acceptors (Lipinski definition) is 7. The van der Waals surface area contributed by atoms with Crippen LogP contribution in [0.15, 0.2) is 395 Å². The van der Waals surface area contributed by atoms with E-state index >= 15 is 0 Å². The highest BCUT2D eigenvalue weighted by Gasteiger charge is 2.23. The van der Waals surface area contributed by atoms with Gasteiger partial charge in [-0.25, -0.2) is 24.9 Å². The zero-order chi connectivity index (χ0) is 74.0. The summed E-state index contributed by atoms with van der Waals surface area (Å²) in [6, 6.07) is 134. The Balaban J connectivity index is 0.000000141. The number of fused-ring (bicyclic) bond motifs is 12. The van der Waals surface area contributed by atoms with Crippen molar-refractivity contribution in [3.05, 3.63) is 395 Å². The minimum atomic E-state index is 0.626. The Bertz CT molecular complexity index is 6770. The van der Waals surface area contributed by atoms with E-state index < -0.39 is 0 Å². The highest BCUT2D eigenvalue weighted by atomic mass is 15.0. The standard InChI is InChI=1S/C51H33N5.C50H32N6/c1-4-14-34(15-5-1)43-33-44(35-16-6-2-7-17-35)54-51(53-43)36-25-28-39(29-26-36)56-46-30-27-37(32-42(46)50-48(56)24-13-31-52-50)40-21-12-23-47-49(40)41-20-10-11-22-45(41)55(47)38-18-8-3-9-19-38;1-4-14-33(15-5-1)48-52-49(34-16-6-2-7-17-34)54-50(53-48)35-25-28-38(29-26-35)56-43-30-27-36(32-41(43)47-45(56)24-13-31-51-47)39-21-12-23-44-46(39)40-20-10-11-22-42(40)55(44)37-18-8-3-9-19-37/h1-33H;1-32H. The fraction of sp³-hybridized carbons (Fsp3) is 0. The van der Waals surface area contributed by atoms with E-state index in [1.165, 1.54) is 54.7 Å². The quantitative estimate of drug-likeness (QED) is 0.120. The number of hydrogen-bond donors (Lipinski definition) is 0. The van der Waals surface area contributed by atoms with Crippen LogP contribution in [0.5, 0.6) is 0 Å². The fourth-order valence-electron chi connectivity index (χ4n) is 16.3. The molecule has 0 aliphatic carbocycles. The summed E-state index contributed by atoms with van der Waals surface area (Å²) in [5.74, 6) is 2.60. The maximum Gasteiger partial charge on any atom is 0.164 e. The van der Waals surface area contributed by atoms with Crippen LogP contribution in [0.2, 0.25) is 0 Å². The van der Waals surface area contributed by atoms with Gasteiger partial charge >= 0.3 is 0 Å². The van der Waals surface area contributed by atoms with Gasteiger partial charge in [0.1, 0.15) is 0 Å². The maximum atomic E-state index is 5.06. The minimum Gasteiger partial charge on any atom is -0.309 e. The number of aromatic nitrogens is 11. The van der Waals surface area contributed by atoms with Crippen molar-refractivity contribution in [3.8, 4) is 113 Å². The second-order valence-corrected chi connectivity index (χ2v) is 28.0. The van der Waals surface area contributed by atoms with Gasteiger partial charge in [0, 0.05) is 101 Å². The minimum absolute atomic E-state index is 0.626. The zero-order valence-corrected chi connectivity index (χ0v) is 60.4. The molecule has 0 aliphatic heterocycles. The summed E-state index contributed by atoms with van der Waals surface area (Å²) in [7, 11) is 0. The monoisotopic (exact) mass is 1430 g/mol. The van der Waals surface area contributed by atoms with Gasteiger partial charge in [0.15, 0.2) is 23.3 Å². The summed E-state index contributed by atoms with van der Waals surface area (Å²) in [6.07, 6.45) is 3.77.